The normalized spacial score (nSPS) is 10.6. The fraction of sp³-hybridized carbons (Fsp3) is 0.235. The molecule has 22 heavy (non-hydrogen) atoms. The van der Waals surface area contributed by atoms with E-state index in [1.54, 1.807) is 12.4 Å². The van der Waals surface area contributed by atoms with E-state index in [-0.39, 0.29) is 0 Å². The second-order valence-electron chi connectivity index (χ2n) is 4.99. The summed E-state index contributed by atoms with van der Waals surface area (Å²) in [4.78, 5) is 14.2. The van der Waals surface area contributed by atoms with E-state index < -0.39 is 0 Å². The third-order valence-electron chi connectivity index (χ3n) is 3.82. The van der Waals surface area contributed by atoms with E-state index in [1.165, 1.54) is 0 Å². The first-order valence-corrected chi connectivity index (χ1v) is 7.36. The van der Waals surface area contributed by atoms with Crippen molar-refractivity contribution in [1.82, 2.24) is 15.0 Å². The molecular formula is C17H17N5. The topological polar surface area (TPSA) is 68.6 Å². The molecule has 0 fully saturated rings. The number of H-pyrrole nitrogens is 1. The fourth-order valence-electron chi connectivity index (χ4n) is 2.69. The maximum atomic E-state index is 9.10. The van der Waals surface area contributed by atoms with Gasteiger partial charge in [-0.1, -0.05) is 12.1 Å². The number of benzene rings is 1. The lowest BCUT2D eigenvalue weighted by atomic mass is 10.0. The number of aromatic nitrogens is 3. The van der Waals surface area contributed by atoms with Crippen molar-refractivity contribution in [1.29, 1.82) is 5.26 Å². The molecule has 0 bridgehead atoms. The number of anilines is 1. The van der Waals surface area contributed by atoms with Crippen LogP contribution in [0.3, 0.4) is 0 Å². The predicted octanol–water partition coefficient (Wildman–Crippen LogP) is 3.34. The number of nitriles is 1. The van der Waals surface area contributed by atoms with Gasteiger partial charge in [-0.2, -0.15) is 5.26 Å². The molecule has 0 aliphatic rings. The first-order valence-electron chi connectivity index (χ1n) is 7.36. The predicted molar refractivity (Wildman–Crippen MR) is 87.6 cm³/mol. The second-order valence-corrected chi connectivity index (χ2v) is 4.99. The van der Waals surface area contributed by atoms with Crippen LogP contribution in [0.15, 0.2) is 36.8 Å². The maximum Gasteiger partial charge on any atom is 0.143 e. The summed E-state index contributed by atoms with van der Waals surface area (Å²) in [5, 5.41) is 10.1. The highest BCUT2D eigenvalue weighted by molar-refractivity contribution is 6.01. The van der Waals surface area contributed by atoms with E-state index in [1.807, 2.05) is 24.4 Å². The third-order valence-corrected chi connectivity index (χ3v) is 3.82. The van der Waals surface area contributed by atoms with E-state index in [9.17, 15) is 0 Å². The molecule has 3 aromatic rings. The second kappa shape index (κ2) is 5.86. The van der Waals surface area contributed by atoms with Crippen LogP contribution in [0.2, 0.25) is 0 Å². The zero-order chi connectivity index (χ0) is 15.5. The summed E-state index contributed by atoms with van der Waals surface area (Å²) in [5.74, 6) is 0.925. The number of hydrogen-bond donors (Lipinski definition) is 1. The highest BCUT2D eigenvalue weighted by Crippen LogP contribution is 2.33. The minimum Gasteiger partial charge on any atom is -0.356 e. The molecule has 0 aliphatic carbocycles. The van der Waals surface area contributed by atoms with Crippen LogP contribution in [-0.2, 0) is 0 Å². The Hall–Kier alpha value is -2.87. The molecule has 0 saturated carbocycles. The first-order chi connectivity index (χ1) is 10.8. The van der Waals surface area contributed by atoms with Crippen LogP contribution in [-0.4, -0.2) is 28.0 Å². The van der Waals surface area contributed by atoms with Gasteiger partial charge in [0.25, 0.3) is 0 Å². The zero-order valence-electron chi connectivity index (χ0n) is 12.7. The fourth-order valence-corrected chi connectivity index (χ4v) is 2.69. The third kappa shape index (κ3) is 2.29. The maximum absolute atomic E-state index is 9.10. The summed E-state index contributed by atoms with van der Waals surface area (Å²) in [7, 11) is 0. The van der Waals surface area contributed by atoms with E-state index in [0.717, 1.165) is 41.1 Å². The zero-order valence-corrected chi connectivity index (χ0v) is 12.7. The number of rotatable bonds is 4. The lowest BCUT2D eigenvalue weighted by molar-refractivity contribution is 0.849. The molecule has 0 radical (unpaired) electrons. The van der Waals surface area contributed by atoms with Gasteiger partial charge in [-0.05, 0) is 31.5 Å². The molecular weight excluding hydrogens is 274 g/mol. The van der Waals surface area contributed by atoms with Crippen LogP contribution in [0.1, 0.15) is 19.4 Å². The van der Waals surface area contributed by atoms with E-state index >= 15 is 0 Å². The Morgan fingerprint density at radius 1 is 1.23 bits per heavy atom. The molecule has 1 N–H and O–H groups in total. The molecule has 0 aliphatic heterocycles. The Morgan fingerprint density at radius 3 is 2.77 bits per heavy atom. The number of nitrogens with zero attached hydrogens (tertiary/aromatic N) is 4. The standard InChI is InChI=1S/C17H17N5/c1-3-22(4-2)17-15-14(10-19-16(15)20-11-21-17)13-7-5-6-12(8-13)9-18/h5-8,10-11H,3-4H2,1-2H3,(H,19,20,21). The molecule has 5 nitrogen and oxygen atoms in total. The van der Waals surface area contributed by atoms with Gasteiger partial charge in [0.1, 0.15) is 17.8 Å². The van der Waals surface area contributed by atoms with Crippen LogP contribution in [0.25, 0.3) is 22.2 Å². The summed E-state index contributed by atoms with van der Waals surface area (Å²) >= 11 is 0. The summed E-state index contributed by atoms with van der Waals surface area (Å²) < 4.78 is 0. The van der Waals surface area contributed by atoms with Crippen molar-refractivity contribution in [2.45, 2.75) is 13.8 Å². The van der Waals surface area contributed by atoms with Gasteiger partial charge in [-0.3, -0.25) is 0 Å². The molecule has 0 unspecified atom stereocenters. The molecule has 2 aromatic heterocycles. The van der Waals surface area contributed by atoms with Crippen molar-refractivity contribution in [3.05, 3.63) is 42.4 Å². The van der Waals surface area contributed by atoms with E-state index in [2.05, 4.69) is 39.8 Å². The van der Waals surface area contributed by atoms with Gasteiger partial charge >= 0.3 is 0 Å². The first kappa shape index (κ1) is 14.1. The van der Waals surface area contributed by atoms with Gasteiger partial charge < -0.3 is 9.88 Å². The number of fused-ring (bicyclic) bond motifs is 1. The molecule has 110 valence electrons. The summed E-state index contributed by atoms with van der Waals surface area (Å²) in [6.45, 7) is 5.98. The van der Waals surface area contributed by atoms with Crippen molar-refractivity contribution in [3.8, 4) is 17.2 Å². The molecule has 0 amide bonds. The SMILES string of the molecule is CCN(CC)c1ncnc2[nH]cc(-c3cccc(C#N)c3)c12. The van der Waals surface area contributed by atoms with Crippen molar-refractivity contribution >= 4 is 16.9 Å². The van der Waals surface area contributed by atoms with E-state index in [0.29, 0.717) is 5.56 Å². The average molecular weight is 291 g/mol. The summed E-state index contributed by atoms with van der Waals surface area (Å²) in [6, 6.07) is 9.78. The van der Waals surface area contributed by atoms with Crippen molar-refractivity contribution in [2.24, 2.45) is 0 Å². The number of hydrogen-bond acceptors (Lipinski definition) is 4. The molecule has 2 heterocycles. The smallest absolute Gasteiger partial charge is 0.143 e. The number of nitrogens with one attached hydrogen (secondary N) is 1. The molecule has 3 rings (SSSR count). The van der Waals surface area contributed by atoms with Gasteiger partial charge in [0.05, 0.1) is 17.0 Å². The Morgan fingerprint density at radius 2 is 2.05 bits per heavy atom. The van der Waals surface area contributed by atoms with Gasteiger partial charge in [-0.15, -0.1) is 0 Å². The monoisotopic (exact) mass is 291 g/mol. The van der Waals surface area contributed by atoms with Gasteiger partial charge in [0.2, 0.25) is 0 Å². The molecule has 5 heteroatoms. The van der Waals surface area contributed by atoms with Gasteiger partial charge in [-0.25, -0.2) is 9.97 Å². The Balaban J connectivity index is 2.24. The van der Waals surface area contributed by atoms with E-state index in [4.69, 9.17) is 5.26 Å². The molecule has 0 spiro atoms. The lowest BCUT2D eigenvalue weighted by Crippen LogP contribution is -2.23. The molecule has 0 saturated heterocycles. The minimum atomic E-state index is 0.646. The van der Waals surface area contributed by atoms with Crippen molar-refractivity contribution in [3.63, 3.8) is 0 Å². The van der Waals surface area contributed by atoms with Gasteiger partial charge in [0, 0.05) is 24.8 Å². The largest absolute Gasteiger partial charge is 0.356 e. The molecule has 1 aromatic carbocycles. The van der Waals surface area contributed by atoms with Crippen LogP contribution in [0, 0.1) is 11.3 Å². The van der Waals surface area contributed by atoms with Crippen molar-refractivity contribution in [2.75, 3.05) is 18.0 Å². The Labute approximate surface area is 129 Å². The van der Waals surface area contributed by atoms with Crippen LogP contribution >= 0.6 is 0 Å². The van der Waals surface area contributed by atoms with Crippen LogP contribution in [0.4, 0.5) is 5.82 Å². The average Bonchev–Trinajstić information content (AvgIpc) is 3.01. The number of aromatic amines is 1. The quantitative estimate of drug-likeness (QED) is 0.800. The highest BCUT2D eigenvalue weighted by Gasteiger charge is 2.16. The van der Waals surface area contributed by atoms with Gasteiger partial charge in [0.15, 0.2) is 0 Å². The minimum absolute atomic E-state index is 0.646. The van der Waals surface area contributed by atoms with Crippen LogP contribution in [0.5, 0.6) is 0 Å². The Bertz CT molecular complexity index is 840. The lowest BCUT2D eigenvalue weighted by Gasteiger charge is -2.20. The molecule has 0 atom stereocenters. The summed E-state index contributed by atoms with van der Waals surface area (Å²) in [6.07, 6.45) is 3.52. The Kier molecular flexibility index (Phi) is 3.75. The highest BCUT2D eigenvalue weighted by atomic mass is 15.2. The van der Waals surface area contributed by atoms with Crippen molar-refractivity contribution < 1.29 is 0 Å². The summed E-state index contributed by atoms with van der Waals surface area (Å²) in [5.41, 5.74) is 3.48. The van der Waals surface area contributed by atoms with Crippen LogP contribution < -0.4 is 4.90 Å².